The number of aromatic nitrogens is 1. The second kappa shape index (κ2) is 8.02. The number of esters is 1. The zero-order valence-corrected chi connectivity index (χ0v) is 17.2. The first-order valence-electron chi connectivity index (χ1n) is 9.02. The minimum Gasteiger partial charge on any atom is -0.452 e. The van der Waals surface area contributed by atoms with Gasteiger partial charge in [0.1, 0.15) is 5.76 Å². The number of carbonyl (C=O) groups is 1. The van der Waals surface area contributed by atoms with Gasteiger partial charge in [0.05, 0.1) is 28.4 Å². The highest BCUT2D eigenvalue weighted by Gasteiger charge is 2.32. The van der Waals surface area contributed by atoms with E-state index in [1.807, 2.05) is 13.8 Å². The van der Waals surface area contributed by atoms with Crippen LogP contribution in [-0.2, 0) is 26.1 Å². The van der Waals surface area contributed by atoms with Gasteiger partial charge in [-0.3, -0.25) is 0 Å². The highest BCUT2D eigenvalue weighted by molar-refractivity contribution is 7.89. The second-order valence-corrected chi connectivity index (χ2v) is 8.87. The Morgan fingerprint density at radius 1 is 1.18 bits per heavy atom. The number of hydrogen-bond donors (Lipinski definition) is 0. The molecule has 0 spiro atoms. The van der Waals surface area contributed by atoms with Gasteiger partial charge in [0, 0.05) is 13.1 Å². The van der Waals surface area contributed by atoms with Gasteiger partial charge in [0.2, 0.25) is 15.9 Å². The summed E-state index contributed by atoms with van der Waals surface area (Å²) in [5.74, 6) is 0.413. The number of benzene rings is 1. The van der Waals surface area contributed by atoms with Crippen molar-refractivity contribution in [2.24, 2.45) is 0 Å². The van der Waals surface area contributed by atoms with Gasteiger partial charge in [-0.25, -0.2) is 18.2 Å². The molecule has 0 saturated carbocycles. The summed E-state index contributed by atoms with van der Waals surface area (Å²) in [6.45, 7) is 7.78. The molecule has 28 heavy (non-hydrogen) atoms. The highest BCUT2D eigenvalue weighted by atomic mass is 32.2. The maximum absolute atomic E-state index is 12.8. The third-order valence-corrected chi connectivity index (χ3v) is 6.36. The van der Waals surface area contributed by atoms with Crippen molar-refractivity contribution >= 4 is 16.0 Å². The van der Waals surface area contributed by atoms with E-state index in [4.69, 9.17) is 13.9 Å². The molecule has 8 nitrogen and oxygen atoms in total. The van der Waals surface area contributed by atoms with Gasteiger partial charge < -0.3 is 13.9 Å². The van der Waals surface area contributed by atoms with Crippen LogP contribution in [0.5, 0.6) is 0 Å². The monoisotopic (exact) mass is 408 g/mol. The molecule has 1 aromatic carbocycles. The number of carbonyl (C=O) groups excluding carboxylic acids is 1. The number of rotatable bonds is 5. The Bertz CT molecular complexity index is 922. The summed E-state index contributed by atoms with van der Waals surface area (Å²) in [6.07, 6.45) is -0.342. The second-order valence-electron chi connectivity index (χ2n) is 6.93. The number of oxazole rings is 1. The van der Waals surface area contributed by atoms with Crippen molar-refractivity contribution in [2.45, 2.75) is 51.4 Å². The smallest absolute Gasteiger partial charge is 0.338 e. The molecule has 1 aliphatic rings. The molecular formula is C19H24N2O6S. The quantitative estimate of drug-likeness (QED) is 0.701. The minimum atomic E-state index is -3.65. The fraction of sp³-hybridized carbons (Fsp3) is 0.474. The zero-order valence-electron chi connectivity index (χ0n) is 16.3. The van der Waals surface area contributed by atoms with E-state index in [1.165, 1.54) is 28.6 Å². The standard InChI is InChI=1S/C19H24N2O6S/c1-12-9-21(10-13(2)26-12)28(23,24)17-7-5-16(6-8-17)19(22)25-11-18-20-14(3)15(4)27-18/h5-8,12-13H,9-11H2,1-4H3. The maximum Gasteiger partial charge on any atom is 0.338 e. The fourth-order valence-corrected chi connectivity index (χ4v) is 4.64. The summed E-state index contributed by atoms with van der Waals surface area (Å²) < 4.78 is 43.2. The van der Waals surface area contributed by atoms with Crippen molar-refractivity contribution in [1.29, 1.82) is 0 Å². The van der Waals surface area contributed by atoms with Crippen molar-refractivity contribution in [2.75, 3.05) is 13.1 Å². The minimum absolute atomic E-state index is 0.0862. The van der Waals surface area contributed by atoms with Crippen molar-refractivity contribution in [3.05, 3.63) is 47.2 Å². The van der Waals surface area contributed by atoms with Gasteiger partial charge in [-0.1, -0.05) is 0 Å². The largest absolute Gasteiger partial charge is 0.452 e. The lowest BCUT2D eigenvalue weighted by molar-refractivity contribution is -0.0440. The summed E-state index contributed by atoms with van der Waals surface area (Å²) in [4.78, 5) is 16.5. The van der Waals surface area contributed by atoms with Crippen LogP contribution >= 0.6 is 0 Å². The van der Waals surface area contributed by atoms with Crippen molar-refractivity contribution in [3.8, 4) is 0 Å². The van der Waals surface area contributed by atoms with E-state index in [9.17, 15) is 13.2 Å². The SMILES string of the molecule is Cc1nc(COC(=O)c2ccc(S(=O)(=O)N3CC(C)OC(C)C3)cc2)oc1C. The van der Waals surface area contributed by atoms with Crippen LogP contribution in [0, 0.1) is 13.8 Å². The molecule has 9 heteroatoms. The number of ether oxygens (including phenoxy) is 2. The summed E-state index contributed by atoms with van der Waals surface area (Å²) >= 11 is 0. The third-order valence-electron chi connectivity index (χ3n) is 4.51. The summed E-state index contributed by atoms with van der Waals surface area (Å²) in [6, 6.07) is 5.70. The van der Waals surface area contributed by atoms with Gasteiger partial charge >= 0.3 is 5.97 Å². The molecule has 0 aliphatic carbocycles. The molecule has 2 heterocycles. The van der Waals surface area contributed by atoms with E-state index >= 15 is 0 Å². The van der Waals surface area contributed by atoms with E-state index < -0.39 is 16.0 Å². The van der Waals surface area contributed by atoms with E-state index in [2.05, 4.69) is 4.98 Å². The summed E-state index contributed by atoms with van der Waals surface area (Å²) in [5.41, 5.74) is 0.995. The third kappa shape index (κ3) is 4.43. The molecular weight excluding hydrogens is 384 g/mol. The van der Waals surface area contributed by atoms with E-state index in [1.54, 1.807) is 13.8 Å². The first-order valence-corrected chi connectivity index (χ1v) is 10.5. The predicted molar refractivity (Wildman–Crippen MR) is 100 cm³/mol. The van der Waals surface area contributed by atoms with Crippen molar-refractivity contribution in [3.63, 3.8) is 0 Å². The highest BCUT2D eigenvalue weighted by Crippen LogP contribution is 2.22. The average molecular weight is 408 g/mol. The van der Waals surface area contributed by atoms with Crippen LogP contribution in [0.1, 0.15) is 41.6 Å². The topological polar surface area (TPSA) is 98.9 Å². The predicted octanol–water partition coefficient (Wildman–Crippen LogP) is 2.45. The fourth-order valence-electron chi connectivity index (χ4n) is 3.05. The van der Waals surface area contributed by atoms with Crippen LogP contribution in [-0.4, -0.2) is 49.0 Å². The first kappa shape index (κ1) is 20.5. The number of sulfonamides is 1. The van der Waals surface area contributed by atoms with Crippen LogP contribution in [0.15, 0.2) is 33.6 Å². The lowest BCUT2D eigenvalue weighted by atomic mass is 10.2. The zero-order chi connectivity index (χ0) is 20.5. The van der Waals surface area contributed by atoms with Gasteiger partial charge in [-0.2, -0.15) is 4.31 Å². The van der Waals surface area contributed by atoms with Crippen molar-refractivity contribution < 1.29 is 27.1 Å². The number of hydrogen-bond acceptors (Lipinski definition) is 7. The van der Waals surface area contributed by atoms with E-state index in [-0.39, 0.29) is 29.3 Å². The van der Waals surface area contributed by atoms with Crippen LogP contribution < -0.4 is 0 Å². The molecule has 0 bridgehead atoms. The van der Waals surface area contributed by atoms with Gasteiger partial charge in [0.15, 0.2) is 6.61 Å². The Kier molecular flexibility index (Phi) is 5.87. The normalized spacial score (nSPS) is 20.9. The molecule has 0 N–H and O–H groups in total. The van der Waals surface area contributed by atoms with Crippen LogP contribution in [0.3, 0.4) is 0 Å². The number of nitrogens with zero attached hydrogens (tertiary/aromatic N) is 2. The van der Waals surface area contributed by atoms with Crippen molar-refractivity contribution in [1.82, 2.24) is 9.29 Å². The van der Waals surface area contributed by atoms with Crippen LogP contribution in [0.25, 0.3) is 0 Å². The summed E-state index contributed by atoms with van der Waals surface area (Å²) in [5, 5.41) is 0. The molecule has 1 saturated heterocycles. The Morgan fingerprint density at radius 3 is 2.32 bits per heavy atom. The molecule has 152 valence electrons. The lowest BCUT2D eigenvalue weighted by Crippen LogP contribution is -2.48. The average Bonchev–Trinajstić information content (AvgIpc) is 2.97. The molecule has 1 aromatic heterocycles. The van der Waals surface area contributed by atoms with Gasteiger partial charge in [-0.05, 0) is 52.0 Å². The lowest BCUT2D eigenvalue weighted by Gasteiger charge is -2.34. The Hall–Kier alpha value is -2.23. The molecule has 2 unspecified atom stereocenters. The molecule has 1 fully saturated rings. The molecule has 2 aromatic rings. The summed E-state index contributed by atoms with van der Waals surface area (Å²) in [7, 11) is -3.65. The van der Waals surface area contributed by atoms with Gasteiger partial charge in [-0.15, -0.1) is 0 Å². The van der Waals surface area contributed by atoms with E-state index in [0.29, 0.717) is 24.7 Å². The van der Waals surface area contributed by atoms with Gasteiger partial charge in [0.25, 0.3) is 0 Å². The Morgan fingerprint density at radius 2 is 1.79 bits per heavy atom. The van der Waals surface area contributed by atoms with E-state index in [0.717, 1.165) is 5.69 Å². The van der Waals surface area contributed by atoms with Crippen LogP contribution in [0.2, 0.25) is 0 Å². The Balaban J connectivity index is 1.67. The molecule has 0 radical (unpaired) electrons. The number of aryl methyl sites for hydroxylation is 2. The van der Waals surface area contributed by atoms with Crippen LogP contribution in [0.4, 0.5) is 0 Å². The molecule has 3 rings (SSSR count). The first-order chi connectivity index (χ1) is 13.2. The molecule has 0 amide bonds. The molecule has 2 atom stereocenters. The number of morpholine rings is 1. The maximum atomic E-state index is 12.8. The molecule has 1 aliphatic heterocycles. The Labute approximate surface area is 164 Å².